The van der Waals surface area contributed by atoms with Gasteiger partial charge in [0.05, 0.1) is 24.8 Å². The molecule has 1 aliphatic heterocycles. The van der Waals surface area contributed by atoms with Crippen LogP contribution in [0.5, 0.6) is 0 Å². The molecule has 0 unspecified atom stereocenters. The van der Waals surface area contributed by atoms with Crippen molar-refractivity contribution in [2.45, 2.75) is 44.4 Å². The van der Waals surface area contributed by atoms with E-state index in [4.69, 9.17) is 4.74 Å². The number of aliphatic imine (C=N–C) groups is 1. The number of hydrogen-bond donors (Lipinski definition) is 0. The van der Waals surface area contributed by atoms with Crippen molar-refractivity contribution in [3.05, 3.63) is 29.8 Å². The highest BCUT2D eigenvalue weighted by Crippen LogP contribution is 2.73. The minimum Gasteiger partial charge on any atom is -0.483 e. The second-order valence-electron chi connectivity index (χ2n) is 9.68. The lowest BCUT2D eigenvalue weighted by atomic mass is 9.48. The molecule has 0 spiro atoms. The number of carbonyl (C=O) groups excluding carboxylic acids is 1. The van der Waals surface area contributed by atoms with Crippen LogP contribution in [0.3, 0.4) is 0 Å². The first-order valence-corrected chi connectivity index (χ1v) is 10.3. The third-order valence-corrected chi connectivity index (χ3v) is 8.27. The number of fused-ring (bicyclic) bond motifs is 3. The first-order valence-electron chi connectivity index (χ1n) is 10.3. The van der Waals surface area contributed by atoms with Crippen LogP contribution in [0.4, 0.5) is 5.69 Å². The molecule has 0 aromatic heterocycles. The average molecular weight is 360 g/mol. The van der Waals surface area contributed by atoms with Gasteiger partial charge in [-0.05, 0) is 67.9 Å². The molecule has 5 aliphatic carbocycles. The fourth-order valence-electron chi connectivity index (χ4n) is 7.63. The molecule has 1 aromatic rings. The number of ether oxygens (including phenoxy) is 1. The highest BCUT2D eigenvalue weighted by Gasteiger charge is 2.77. The second-order valence-corrected chi connectivity index (χ2v) is 9.68. The topological polar surface area (TPSA) is 62.4 Å². The molecule has 0 amide bonds. The van der Waals surface area contributed by atoms with Crippen LogP contribution >= 0.6 is 0 Å². The summed E-state index contributed by atoms with van der Waals surface area (Å²) in [5.41, 5.74) is 0.826. The van der Waals surface area contributed by atoms with Crippen LogP contribution in [-0.4, -0.2) is 18.8 Å². The molecule has 27 heavy (non-hydrogen) atoms. The van der Waals surface area contributed by atoms with Gasteiger partial charge in [-0.15, -0.1) is 0 Å². The molecule has 5 fully saturated rings. The predicted octanol–water partition coefficient (Wildman–Crippen LogP) is 4.39. The maximum atomic E-state index is 14.0. The smallest absolute Gasteiger partial charge is 0.210 e. The number of nitriles is 1. The number of hydrogen-bond acceptors (Lipinski definition) is 4. The summed E-state index contributed by atoms with van der Waals surface area (Å²) in [6.07, 6.45) is 7.09. The zero-order valence-electron chi connectivity index (χ0n) is 15.6. The number of carbonyl (C=O) groups is 1. The molecule has 4 heteroatoms. The minimum atomic E-state index is -0.885. The summed E-state index contributed by atoms with van der Waals surface area (Å²) < 4.78 is 5.57. The Morgan fingerprint density at radius 2 is 1.78 bits per heavy atom. The van der Waals surface area contributed by atoms with Crippen molar-refractivity contribution < 1.29 is 9.53 Å². The van der Waals surface area contributed by atoms with E-state index in [9.17, 15) is 10.1 Å². The van der Waals surface area contributed by atoms with Crippen LogP contribution in [0.1, 0.15) is 50.0 Å². The molecular formula is C23H24N2O2. The lowest BCUT2D eigenvalue weighted by Crippen LogP contribution is -2.51. The van der Waals surface area contributed by atoms with Gasteiger partial charge in [-0.1, -0.05) is 18.2 Å². The fourth-order valence-corrected chi connectivity index (χ4v) is 7.63. The highest BCUT2D eigenvalue weighted by atomic mass is 16.5. The van der Waals surface area contributed by atoms with Crippen molar-refractivity contribution >= 4 is 17.4 Å². The number of benzene rings is 1. The molecule has 4 nitrogen and oxygen atoms in total. The predicted molar refractivity (Wildman–Crippen MR) is 100 cm³/mol. The quantitative estimate of drug-likeness (QED) is 0.786. The first kappa shape index (κ1) is 15.9. The molecule has 1 aromatic carbocycles. The van der Waals surface area contributed by atoms with Gasteiger partial charge in [-0.2, -0.15) is 5.26 Å². The van der Waals surface area contributed by atoms with Crippen LogP contribution in [0.2, 0.25) is 0 Å². The minimum absolute atomic E-state index is 0.0911. The second kappa shape index (κ2) is 5.01. The number of para-hydroxylation sites is 1. The highest BCUT2D eigenvalue weighted by molar-refractivity contribution is 6.06. The summed E-state index contributed by atoms with van der Waals surface area (Å²) in [6, 6.07) is 10.4. The van der Waals surface area contributed by atoms with Crippen LogP contribution in [0.25, 0.3) is 0 Å². The Bertz CT molecular complexity index is 891. The van der Waals surface area contributed by atoms with Gasteiger partial charge in [0.15, 0.2) is 5.41 Å². The van der Waals surface area contributed by atoms with Gasteiger partial charge in [0.1, 0.15) is 5.78 Å². The zero-order chi connectivity index (χ0) is 18.4. The van der Waals surface area contributed by atoms with E-state index in [-0.39, 0.29) is 17.3 Å². The fraction of sp³-hybridized carbons (Fsp3) is 0.609. The summed E-state index contributed by atoms with van der Waals surface area (Å²) >= 11 is 0. The third-order valence-electron chi connectivity index (χ3n) is 8.27. The molecule has 138 valence electrons. The summed E-state index contributed by atoms with van der Waals surface area (Å²) in [7, 11) is 1.58. The Morgan fingerprint density at radius 1 is 1.15 bits per heavy atom. The molecular weight excluding hydrogens is 336 g/mol. The van der Waals surface area contributed by atoms with Crippen molar-refractivity contribution in [3.8, 4) is 6.07 Å². The number of rotatable bonds is 2. The molecule has 6 aliphatic rings. The Labute approximate surface area is 159 Å². The van der Waals surface area contributed by atoms with Crippen LogP contribution in [-0.2, 0) is 9.53 Å². The normalized spacial score (nSPS) is 45.3. The number of methoxy groups -OCH3 is 1. The van der Waals surface area contributed by atoms with Crippen molar-refractivity contribution in [3.63, 3.8) is 0 Å². The van der Waals surface area contributed by atoms with Gasteiger partial charge < -0.3 is 4.74 Å². The summed E-state index contributed by atoms with van der Waals surface area (Å²) in [5.74, 6) is 2.57. The van der Waals surface area contributed by atoms with Crippen molar-refractivity contribution in [1.82, 2.24) is 0 Å². The molecule has 5 saturated carbocycles. The van der Waals surface area contributed by atoms with E-state index in [0.29, 0.717) is 11.7 Å². The van der Waals surface area contributed by atoms with E-state index in [1.807, 2.05) is 24.3 Å². The van der Waals surface area contributed by atoms with Crippen molar-refractivity contribution in [2.75, 3.05) is 7.11 Å². The third kappa shape index (κ3) is 1.83. The van der Waals surface area contributed by atoms with E-state index < -0.39 is 5.41 Å². The standard InChI is InChI=1S/C23H24N2O2/c1-27-21-23(12-24)18(16-4-2-3-5-17(16)25-21)19(23)20(26)22-9-13-6-14(10-22)8-15(7-13)11-22/h2-5,13-15,18-19H,6-11H2,1H3/t13?,14?,15?,18-,19+,22?,23-/m1/s1. The lowest BCUT2D eigenvalue weighted by Gasteiger charge is -2.56. The summed E-state index contributed by atoms with van der Waals surface area (Å²) in [6.45, 7) is 0. The van der Waals surface area contributed by atoms with E-state index in [1.54, 1.807) is 7.11 Å². The van der Waals surface area contributed by atoms with Gasteiger partial charge >= 0.3 is 0 Å². The Balaban J connectivity index is 1.44. The average Bonchev–Trinajstić information content (AvgIpc) is 3.36. The van der Waals surface area contributed by atoms with Gasteiger partial charge in [0.2, 0.25) is 5.90 Å². The van der Waals surface area contributed by atoms with Gasteiger partial charge in [-0.3, -0.25) is 4.79 Å². The summed E-state index contributed by atoms with van der Waals surface area (Å²) in [5, 5.41) is 10.2. The number of ketones is 1. The largest absolute Gasteiger partial charge is 0.483 e. The number of nitrogens with zero attached hydrogens (tertiary/aromatic N) is 2. The van der Waals surface area contributed by atoms with Crippen LogP contribution in [0.15, 0.2) is 29.3 Å². The Hall–Kier alpha value is -2.15. The van der Waals surface area contributed by atoms with Gasteiger partial charge in [0.25, 0.3) is 0 Å². The van der Waals surface area contributed by atoms with E-state index in [1.165, 1.54) is 19.3 Å². The molecule has 1 heterocycles. The maximum Gasteiger partial charge on any atom is 0.210 e. The monoisotopic (exact) mass is 360 g/mol. The lowest BCUT2D eigenvalue weighted by molar-refractivity contribution is -0.145. The molecule has 7 rings (SSSR count). The van der Waals surface area contributed by atoms with Crippen LogP contribution < -0.4 is 0 Å². The van der Waals surface area contributed by atoms with Gasteiger partial charge in [-0.25, -0.2) is 4.99 Å². The Kier molecular flexibility index (Phi) is 2.94. The molecule has 0 saturated heterocycles. The Morgan fingerprint density at radius 3 is 2.37 bits per heavy atom. The zero-order valence-corrected chi connectivity index (χ0v) is 15.6. The molecule has 0 N–H and O–H groups in total. The van der Waals surface area contributed by atoms with Crippen LogP contribution in [0, 0.1) is 45.8 Å². The van der Waals surface area contributed by atoms with Crippen molar-refractivity contribution in [1.29, 1.82) is 5.26 Å². The molecule has 4 bridgehead atoms. The van der Waals surface area contributed by atoms with Gasteiger partial charge in [0, 0.05) is 11.3 Å². The molecule has 3 atom stereocenters. The first-order chi connectivity index (χ1) is 13.1. The van der Waals surface area contributed by atoms with E-state index >= 15 is 0 Å². The van der Waals surface area contributed by atoms with E-state index in [0.717, 1.165) is 48.3 Å². The summed E-state index contributed by atoms with van der Waals surface area (Å²) in [4.78, 5) is 18.6. The number of Topliss-reactive ketones (excluding diaryl/α,β-unsaturated/α-hetero) is 1. The van der Waals surface area contributed by atoms with Crippen molar-refractivity contribution in [2.24, 2.45) is 39.5 Å². The maximum absolute atomic E-state index is 14.0. The molecule has 0 radical (unpaired) electrons. The SMILES string of the molecule is COC1=Nc2ccccc2[C@@H]2[C@@H](C(=O)C34CC5CC(CC(C5)C3)C4)[C@]12C#N. The van der Waals surface area contributed by atoms with E-state index in [2.05, 4.69) is 11.1 Å².